The van der Waals surface area contributed by atoms with Gasteiger partial charge in [-0.1, -0.05) is 20.3 Å². The van der Waals surface area contributed by atoms with Gasteiger partial charge in [-0.2, -0.15) is 0 Å². The molecule has 3 heteroatoms. The zero-order valence-electron chi connectivity index (χ0n) is 11.0. The molecule has 2 nitrogen and oxygen atoms in total. The van der Waals surface area contributed by atoms with E-state index in [0.29, 0.717) is 11.0 Å². The lowest BCUT2D eigenvalue weighted by Gasteiger charge is -2.35. The molecule has 0 spiro atoms. The molecule has 1 aliphatic carbocycles. The van der Waals surface area contributed by atoms with Gasteiger partial charge in [-0.3, -0.25) is 4.79 Å². The van der Waals surface area contributed by atoms with Gasteiger partial charge in [0.2, 0.25) is 0 Å². The maximum absolute atomic E-state index is 12.8. The summed E-state index contributed by atoms with van der Waals surface area (Å²) in [5.74, 6) is -0.414. The van der Waals surface area contributed by atoms with Gasteiger partial charge in [-0.15, -0.1) is 0 Å². The molecule has 1 atom stereocenters. The highest BCUT2D eigenvalue weighted by Crippen LogP contribution is 2.35. The second-order valence-corrected chi connectivity index (χ2v) is 5.94. The van der Waals surface area contributed by atoms with Crippen molar-refractivity contribution in [2.75, 3.05) is 0 Å². The standard InChI is InChI=1S/C15H20FNO/c1-15(2)9-3-4-13(10-15)17-14(18)11-5-7-12(16)8-6-11/h5-8,13H,3-4,9-10H2,1-2H3,(H,17,18). The van der Waals surface area contributed by atoms with Gasteiger partial charge in [-0.05, 0) is 48.9 Å². The summed E-state index contributed by atoms with van der Waals surface area (Å²) in [5, 5.41) is 3.05. The van der Waals surface area contributed by atoms with Crippen molar-refractivity contribution in [1.82, 2.24) is 5.32 Å². The normalized spacial score (nSPS) is 22.5. The highest BCUT2D eigenvalue weighted by Gasteiger charge is 2.28. The Hall–Kier alpha value is -1.38. The first kappa shape index (κ1) is 13.1. The van der Waals surface area contributed by atoms with Crippen molar-refractivity contribution in [3.63, 3.8) is 0 Å². The fourth-order valence-electron chi connectivity index (χ4n) is 2.69. The Morgan fingerprint density at radius 3 is 2.61 bits per heavy atom. The van der Waals surface area contributed by atoms with Crippen LogP contribution in [0.1, 0.15) is 49.9 Å². The summed E-state index contributed by atoms with van der Waals surface area (Å²) in [5.41, 5.74) is 0.832. The Kier molecular flexibility index (Phi) is 3.69. The third-order valence-electron chi connectivity index (χ3n) is 3.65. The van der Waals surface area contributed by atoms with Crippen LogP contribution in [0.5, 0.6) is 0 Å². The van der Waals surface area contributed by atoms with Crippen LogP contribution in [-0.2, 0) is 0 Å². The molecule has 1 N–H and O–H groups in total. The van der Waals surface area contributed by atoms with Crippen molar-refractivity contribution in [2.45, 2.75) is 45.6 Å². The van der Waals surface area contributed by atoms with E-state index in [2.05, 4.69) is 19.2 Å². The second-order valence-electron chi connectivity index (χ2n) is 5.94. The first-order chi connectivity index (χ1) is 8.46. The first-order valence-electron chi connectivity index (χ1n) is 6.53. The molecule has 0 heterocycles. The van der Waals surface area contributed by atoms with Gasteiger partial charge < -0.3 is 5.32 Å². The predicted molar refractivity (Wildman–Crippen MR) is 69.9 cm³/mol. The first-order valence-corrected chi connectivity index (χ1v) is 6.53. The van der Waals surface area contributed by atoms with Gasteiger partial charge in [0.05, 0.1) is 0 Å². The molecule has 1 saturated carbocycles. The molecule has 0 radical (unpaired) electrons. The molecule has 1 aromatic rings. The van der Waals surface area contributed by atoms with Crippen LogP contribution in [0.3, 0.4) is 0 Å². The number of carbonyl (C=O) groups is 1. The van der Waals surface area contributed by atoms with Gasteiger partial charge in [-0.25, -0.2) is 4.39 Å². The van der Waals surface area contributed by atoms with E-state index in [1.807, 2.05) is 0 Å². The fraction of sp³-hybridized carbons (Fsp3) is 0.533. The summed E-state index contributed by atoms with van der Waals surface area (Å²) in [7, 11) is 0. The zero-order chi connectivity index (χ0) is 13.2. The highest BCUT2D eigenvalue weighted by atomic mass is 19.1. The minimum Gasteiger partial charge on any atom is -0.349 e. The zero-order valence-corrected chi connectivity index (χ0v) is 11.0. The van der Waals surface area contributed by atoms with Crippen molar-refractivity contribution in [1.29, 1.82) is 0 Å². The van der Waals surface area contributed by atoms with E-state index in [9.17, 15) is 9.18 Å². The van der Waals surface area contributed by atoms with Crippen LogP contribution < -0.4 is 5.32 Å². The van der Waals surface area contributed by atoms with Gasteiger partial charge >= 0.3 is 0 Å². The number of halogens is 1. The summed E-state index contributed by atoms with van der Waals surface area (Å²) in [6, 6.07) is 5.93. The second kappa shape index (κ2) is 5.09. The molecular formula is C15H20FNO. The number of hydrogen-bond donors (Lipinski definition) is 1. The molecule has 0 saturated heterocycles. The summed E-state index contributed by atoms with van der Waals surface area (Å²) >= 11 is 0. The van der Waals surface area contributed by atoms with E-state index >= 15 is 0 Å². The van der Waals surface area contributed by atoms with Crippen molar-refractivity contribution in [3.05, 3.63) is 35.6 Å². The minimum absolute atomic E-state index is 0.0994. The summed E-state index contributed by atoms with van der Waals surface area (Å²) < 4.78 is 12.8. The highest BCUT2D eigenvalue weighted by molar-refractivity contribution is 5.94. The third-order valence-corrected chi connectivity index (χ3v) is 3.65. The van der Waals surface area contributed by atoms with Crippen LogP contribution in [0.2, 0.25) is 0 Å². The summed E-state index contributed by atoms with van der Waals surface area (Å²) in [4.78, 5) is 12.0. The average molecular weight is 249 g/mol. The van der Waals surface area contributed by atoms with Gasteiger partial charge in [0.15, 0.2) is 0 Å². The van der Waals surface area contributed by atoms with Crippen LogP contribution in [0.15, 0.2) is 24.3 Å². The molecule has 0 aromatic heterocycles. The van der Waals surface area contributed by atoms with Crippen LogP contribution >= 0.6 is 0 Å². The lowest BCUT2D eigenvalue weighted by atomic mass is 9.75. The molecule has 18 heavy (non-hydrogen) atoms. The smallest absolute Gasteiger partial charge is 0.251 e. The van der Waals surface area contributed by atoms with Gasteiger partial charge in [0, 0.05) is 11.6 Å². The van der Waals surface area contributed by atoms with E-state index in [-0.39, 0.29) is 17.8 Å². The molecule has 1 unspecified atom stereocenters. The van der Waals surface area contributed by atoms with Crippen LogP contribution in [-0.4, -0.2) is 11.9 Å². The van der Waals surface area contributed by atoms with Crippen molar-refractivity contribution < 1.29 is 9.18 Å². The van der Waals surface area contributed by atoms with E-state index in [1.165, 1.54) is 30.7 Å². The van der Waals surface area contributed by atoms with E-state index < -0.39 is 0 Å². The number of benzene rings is 1. The van der Waals surface area contributed by atoms with Crippen LogP contribution in [0.25, 0.3) is 0 Å². The van der Waals surface area contributed by atoms with E-state index in [1.54, 1.807) is 0 Å². The largest absolute Gasteiger partial charge is 0.349 e. The van der Waals surface area contributed by atoms with Crippen molar-refractivity contribution in [2.24, 2.45) is 5.41 Å². The van der Waals surface area contributed by atoms with Gasteiger partial charge in [0.1, 0.15) is 5.82 Å². The SMILES string of the molecule is CC1(C)CCCC(NC(=O)c2ccc(F)cc2)C1. The Bertz CT molecular complexity index is 425. The molecule has 98 valence electrons. The van der Waals surface area contributed by atoms with Crippen molar-refractivity contribution >= 4 is 5.91 Å². The number of amides is 1. The Labute approximate surface area is 108 Å². The monoisotopic (exact) mass is 249 g/mol. The third kappa shape index (κ3) is 3.31. The average Bonchev–Trinajstić information content (AvgIpc) is 2.28. The quantitative estimate of drug-likeness (QED) is 0.853. The maximum Gasteiger partial charge on any atom is 0.251 e. The van der Waals surface area contributed by atoms with Gasteiger partial charge in [0.25, 0.3) is 5.91 Å². The molecule has 0 aliphatic heterocycles. The lowest BCUT2D eigenvalue weighted by Crippen LogP contribution is -2.40. The van der Waals surface area contributed by atoms with E-state index in [0.717, 1.165) is 19.3 Å². The Morgan fingerprint density at radius 2 is 2.00 bits per heavy atom. The molecule has 2 rings (SSSR count). The maximum atomic E-state index is 12.8. The fourth-order valence-corrected chi connectivity index (χ4v) is 2.69. The van der Waals surface area contributed by atoms with Crippen molar-refractivity contribution in [3.8, 4) is 0 Å². The summed E-state index contributed by atoms with van der Waals surface area (Å²) in [6.45, 7) is 4.48. The Balaban J connectivity index is 1.97. The minimum atomic E-state index is -0.314. The summed E-state index contributed by atoms with van der Waals surface area (Å²) in [6.07, 6.45) is 4.42. The van der Waals surface area contributed by atoms with Crippen LogP contribution in [0, 0.1) is 11.2 Å². The molecule has 1 fully saturated rings. The predicted octanol–water partition coefficient (Wildman–Crippen LogP) is 3.52. The number of hydrogen-bond acceptors (Lipinski definition) is 1. The molecule has 1 aromatic carbocycles. The van der Waals surface area contributed by atoms with E-state index in [4.69, 9.17) is 0 Å². The number of rotatable bonds is 2. The topological polar surface area (TPSA) is 29.1 Å². The molecular weight excluding hydrogens is 229 g/mol. The molecule has 1 aliphatic rings. The van der Waals surface area contributed by atoms with Crippen LogP contribution in [0.4, 0.5) is 4.39 Å². The molecule has 0 bridgehead atoms. The lowest BCUT2D eigenvalue weighted by molar-refractivity contribution is 0.0902. The Morgan fingerprint density at radius 1 is 1.33 bits per heavy atom. The number of carbonyl (C=O) groups excluding carboxylic acids is 1. The molecule has 1 amide bonds. The number of nitrogens with one attached hydrogen (secondary N) is 1.